The molecule has 0 radical (unpaired) electrons. The quantitative estimate of drug-likeness (QED) is 0.391. The molecule has 0 bridgehead atoms. The molecule has 4 N–H and O–H groups in total. The molecule has 0 aromatic rings. The van der Waals surface area contributed by atoms with Crippen LogP contribution >= 0.6 is 0 Å². The van der Waals surface area contributed by atoms with Crippen LogP contribution < -0.4 is 11.1 Å². The van der Waals surface area contributed by atoms with Gasteiger partial charge in [0.25, 0.3) is 5.91 Å². The molecule has 2 amide bonds. The van der Waals surface area contributed by atoms with E-state index in [9.17, 15) is 14.4 Å². The number of hydrogen-bond donors (Lipinski definition) is 3. The summed E-state index contributed by atoms with van der Waals surface area (Å²) < 4.78 is 0. The maximum absolute atomic E-state index is 11.6. The summed E-state index contributed by atoms with van der Waals surface area (Å²) in [6.07, 6.45) is 0.856. The Balaban J connectivity index is 4.69. The van der Waals surface area contributed by atoms with E-state index in [4.69, 9.17) is 16.1 Å². The maximum atomic E-state index is 11.6. The van der Waals surface area contributed by atoms with Crippen molar-refractivity contribution >= 4 is 17.8 Å². The highest BCUT2D eigenvalue weighted by atomic mass is 16.4. The van der Waals surface area contributed by atoms with E-state index < -0.39 is 11.9 Å². The molecule has 8 heteroatoms. The molecule has 0 saturated carbocycles. The Hall–Kier alpha value is -2.40. The minimum atomic E-state index is -1.06. The molecule has 0 aliphatic rings. The molecule has 0 heterocycles. The van der Waals surface area contributed by atoms with Gasteiger partial charge in [0.1, 0.15) is 11.6 Å². The summed E-state index contributed by atoms with van der Waals surface area (Å²) >= 11 is 0. The highest BCUT2D eigenvalue weighted by Gasteiger charge is 2.13. The van der Waals surface area contributed by atoms with E-state index in [2.05, 4.69) is 5.32 Å². The summed E-state index contributed by atoms with van der Waals surface area (Å²) in [5, 5.41) is 19.5. The third-order valence-electron chi connectivity index (χ3n) is 2.05. The SMILES string of the molecule is CC(=O)N(/C=C(/C#N)C(=O)NCCC(=O)O)CCN. The number of carbonyl (C=O) groups excluding carboxylic acids is 2. The van der Waals surface area contributed by atoms with Crippen LogP contribution in [0.2, 0.25) is 0 Å². The molecule has 0 aliphatic carbocycles. The lowest BCUT2D eigenvalue weighted by molar-refractivity contribution is -0.137. The zero-order valence-electron chi connectivity index (χ0n) is 10.5. The van der Waals surface area contributed by atoms with Crippen LogP contribution in [0.15, 0.2) is 11.8 Å². The standard InChI is InChI=1S/C11H16N4O4/c1-8(16)15(5-3-12)7-9(6-13)11(19)14-4-2-10(17)18/h7H,2-5,12H2,1H3,(H,14,19)(H,17,18)/b9-7-. The lowest BCUT2D eigenvalue weighted by Gasteiger charge is -2.15. The van der Waals surface area contributed by atoms with Crippen molar-refractivity contribution in [2.75, 3.05) is 19.6 Å². The smallest absolute Gasteiger partial charge is 0.305 e. The molecule has 0 aliphatic heterocycles. The number of carboxylic acid groups (broad SMARTS) is 1. The first-order valence-corrected chi connectivity index (χ1v) is 5.51. The average Bonchev–Trinajstić information content (AvgIpc) is 2.33. The molecule has 0 unspecified atom stereocenters. The minimum Gasteiger partial charge on any atom is -0.481 e. The first-order chi connectivity index (χ1) is 8.92. The molecule has 0 rings (SSSR count). The van der Waals surface area contributed by atoms with Crippen molar-refractivity contribution in [2.24, 2.45) is 5.73 Å². The zero-order chi connectivity index (χ0) is 14.8. The van der Waals surface area contributed by atoms with E-state index in [1.54, 1.807) is 6.07 Å². The number of carbonyl (C=O) groups is 3. The Labute approximate surface area is 110 Å². The van der Waals surface area contributed by atoms with Crippen molar-refractivity contribution in [3.05, 3.63) is 11.8 Å². The molecule has 0 saturated heterocycles. The third kappa shape index (κ3) is 6.80. The first kappa shape index (κ1) is 16.6. The number of rotatable bonds is 7. The number of nitriles is 1. The van der Waals surface area contributed by atoms with Crippen molar-refractivity contribution in [1.29, 1.82) is 5.26 Å². The van der Waals surface area contributed by atoms with E-state index >= 15 is 0 Å². The predicted octanol–water partition coefficient (Wildman–Crippen LogP) is -1.21. The number of carboxylic acids is 1. The van der Waals surface area contributed by atoms with Gasteiger partial charge in [0.2, 0.25) is 5.91 Å². The fourth-order valence-corrected chi connectivity index (χ4v) is 1.12. The molecule has 19 heavy (non-hydrogen) atoms. The summed E-state index contributed by atoms with van der Waals surface area (Å²) in [6, 6.07) is 1.65. The van der Waals surface area contributed by atoms with Crippen LogP contribution in [-0.2, 0) is 14.4 Å². The molecule has 8 nitrogen and oxygen atoms in total. The number of nitrogens with one attached hydrogen (secondary N) is 1. The Kier molecular flexibility index (Phi) is 7.56. The largest absolute Gasteiger partial charge is 0.481 e. The number of amides is 2. The number of hydrogen-bond acceptors (Lipinski definition) is 5. The first-order valence-electron chi connectivity index (χ1n) is 5.51. The monoisotopic (exact) mass is 268 g/mol. The van der Waals surface area contributed by atoms with Crippen molar-refractivity contribution in [3.63, 3.8) is 0 Å². The van der Waals surface area contributed by atoms with Crippen molar-refractivity contribution in [3.8, 4) is 6.07 Å². The molecule has 0 fully saturated rings. The highest BCUT2D eigenvalue weighted by molar-refractivity contribution is 5.97. The molecule has 0 spiro atoms. The van der Waals surface area contributed by atoms with Crippen LogP contribution in [0.25, 0.3) is 0 Å². The van der Waals surface area contributed by atoms with Crippen LogP contribution in [0.5, 0.6) is 0 Å². The summed E-state index contributed by atoms with van der Waals surface area (Å²) in [6.45, 7) is 1.56. The highest BCUT2D eigenvalue weighted by Crippen LogP contribution is 1.99. The van der Waals surface area contributed by atoms with Crippen LogP contribution in [0.4, 0.5) is 0 Å². The lowest BCUT2D eigenvalue weighted by atomic mass is 10.2. The van der Waals surface area contributed by atoms with Gasteiger partial charge in [-0.3, -0.25) is 14.4 Å². The topological polar surface area (TPSA) is 137 Å². The van der Waals surface area contributed by atoms with Crippen LogP contribution in [0, 0.1) is 11.3 Å². The number of nitrogens with zero attached hydrogens (tertiary/aromatic N) is 2. The van der Waals surface area contributed by atoms with Gasteiger partial charge < -0.3 is 21.1 Å². The Bertz CT molecular complexity index is 425. The number of nitrogens with two attached hydrogens (primary N) is 1. The van der Waals surface area contributed by atoms with Gasteiger partial charge in [-0.1, -0.05) is 0 Å². The predicted molar refractivity (Wildman–Crippen MR) is 65.4 cm³/mol. The van der Waals surface area contributed by atoms with Gasteiger partial charge in [0, 0.05) is 32.8 Å². The molecular weight excluding hydrogens is 252 g/mol. The van der Waals surface area contributed by atoms with E-state index in [-0.39, 0.29) is 37.5 Å². The van der Waals surface area contributed by atoms with Gasteiger partial charge in [-0.25, -0.2) is 0 Å². The van der Waals surface area contributed by atoms with E-state index in [0.717, 1.165) is 11.1 Å². The molecule has 0 atom stereocenters. The summed E-state index contributed by atoms with van der Waals surface area (Å²) in [5.41, 5.74) is 5.02. The number of aliphatic carboxylic acids is 1. The molecule has 0 aromatic heterocycles. The van der Waals surface area contributed by atoms with Gasteiger partial charge in [-0.2, -0.15) is 5.26 Å². The van der Waals surface area contributed by atoms with Crippen molar-refractivity contribution in [2.45, 2.75) is 13.3 Å². The normalized spacial score (nSPS) is 10.5. The van der Waals surface area contributed by atoms with Crippen molar-refractivity contribution < 1.29 is 19.5 Å². The average molecular weight is 268 g/mol. The summed E-state index contributed by atoms with van der Waals surface area (Å²) in [7, 11) is 0. The lowest BCUT2D eigenvalue weighted by Crippen LogP contribution is -2.32. The van der Waals surface area contributed by atoms with E-state index in [1.807, 2.05) is 0 Å². The zero-order valence-corrected chi connectivity index (χ0v) is 10.5. The van der Waals surface area contributed by atoms with Gasteiger partial charge >= 0.3 is 5.97 Å². The van der Waals surface area contributed by atoms with Gasteiger partial charge in [-0.15, -0.1) is 0 Å². The Morgan fingerprint density at radius 2 is 2.11 bits per heavy atom. The molecular formula is C11H16N4O4. The fourth-order valence-electron chi connectivity index (χ4n) is 1.12. The van der Waals surface area contributed by atoms with Crippen LogP contribution in [-0.4, -0.2) is 47.4 Å². The van der Waals surface area contributed by atoms with E-state index in [0.29, 0.717) is 0 Å². The fraction of sp³-hybridized carbons (Fsp3) is 0.455. The summed E-state index contributed by atoms with van der Waals surface area (Å²) in [4.78, 5) is 34.2. The van der Waals surface area contributed by atoms with Gasteiger partial charge in [0.15, 0.2) is 0 Å². The summed E-state index contributed by atoms with van der Waals surface area (Å²) in [5.74, 6) is -2.14. The van der Waals surface area contributed by atoms with Crippen LogP contribution in [0.1, 0.15) is 13.3 Å². The van der Waals surface area contributed by atoms with E-state index in [1.165, 1.54) is 6.92 Å². The van der Waals surface area contributed by atoms with Crippen LogP contribution in [0.3, 0.4) is 0 Å². The second-order valence-electron chi connectivity index (χ2n) is 3.56. The van der Waals surface area contributed by atoms with Crippen molar-refractivity contribution in [1.82, 2.24) is 10.2 Å². The molecule has 0 aromatic carbocycles. The third-order valence-corrected chi connectivity index (χ3v) is 2.05. The molecule has 104 valence electrons. The maximum Gasteiger partial charge on any atom is 0.305 e. The second-order valence-corrected chi connectivity index (χ2v) is 3.56. The second kappa shape index (κ2) is 8.66. The Morgan fingerprint density at radius 3 is 2.53 bits per heavy atom. The van der Waals surface area contributed by atoms with Gasteiger partial charge in [0.05, 0.1) is 6.42 Å². The minimum absolute atomic E-state index is 0.0931. The Morgan fingerprint density at radius 1 is 1.47 bits per heavy atom. The van der Waals surface area contributed by atoms with Gasteiger partial charge in [-0.05, 0) is 0 Å².